The van der Waals surface area contributed by atoms with E-state index in [1.165, 1.54) is 10.7 Å². The molecule has 2 aromatic carbocycles. The Morgan fingerprint density at radius 2 is 2.00 bits per heavy atom. The van der Waals surface area contributed by atoms with E-state index < -0.39 is 11.8 Å². The summed E-state index contributed by atoms with van der Waals surface area (Å²) in [4.78, 5) is 12.2. The third kappa shape index (κ3) is 3.53. The second-order valence-corrected chi connectivity index (χ2v) is 5.94. The second kappa shape index (κ2) is 7.03. The van der Waals surface area contributed by atoms with Gasteiger partial charge in [-0.1, -0.05) is 41.1 Å². The monoisotopic (exact) mass is 359 g/mol. The van der Waals surface area contributed by atoms with Crippen LogP contribution in [0.4, 0.5) is 4.39 Å². The summed E-state index contributed by atoms with van der Waals surface area (Å²) >= 11 is 6.13. The molecule has 0 spiro atoms. The number of aryl methyl sites for hydroxylation is 1. The van der Waals surface area contributed by atoms with E-state index in [9.17, 15) is 9.18 Å². The molecule has 3 rings (SSSR count). The van der Waals surface area contributed by atoms with Gasteiger partial charge in [-0.25, -0.2) is 13.9 Å². The Morgan fingerprint density at radius 1 is 1.24 bits per heavy atom. The van der Waals surface area contributed by atoms with E-state index in [2.05, 4.69) is 10.3 Å². The lowest BCUT2D eigenvalue weighted by molar-refractivity contribution is 0.0461. The van der Waals surface area contributed by atoms with Crippen LogP contribution >= 0.6 is 11.6 Å². The number of nitrogens with zero attached hydrogens (tertiary/aromatic N) is 3. The molecule has 1 heterocycles. The van der Waals surface area contributed by atoms with Crippen LogP contribution in [-0.2, 0) is 11.3 Å². The van der Waals surface area contributed by atoms with Gasteiger partial charge in [-0.3, -0.25) is 0 Å². The van der Waals surface area contributed by atoms with E-state index in [0.717, 1.165) is 5.56 Å². The molecular formula is C18H15ClFN3O2. The van der Waals surface area contributed by atoms with Crippen molar-refractivity contribution in [1.82, 2.24) is 15.0 Å². The summed E-state index contributed by atoms with van der Waals surface area (Å²) in [5.74, 6) is -1.09. The quantitative estimate of drug-likeness (QED) is 0.660. The molecule has 0 aliphatic heterocycles. The molecule has 0 radical (unpaired) electrons. The molecule has 3 aromatic rings. The smallest absolute Gasteiger partial charge is 0.361 e. The molecule has 7 heteroatoms. The molecular weight excluding hydrogens is 345 g/mol. The van der Waals surface area contributed by atoms with Crippen LogP contribution in [-0.4, -0.2) is 21.0 Å². The highest BCUT2D eigenvalue weighted by atomic mass is 35.5. The maximum atomic E-state index is 13.6. The van der Waals surface area contributed by atoms with Gasteiger partial charge in [0.1, 0.15) is 12.4 Å². The van der Waals surface area contributed by atoms with Crippen molar-refractivity contribution >= 4 is 17.6 Å². The van der Waals surface area contributed by atoms with Gasteiger partial charge >= 0.3 is 5.97 Å². The first kappa shape index (κ1) is 17.1. The standard InChI is InChI=1S/C18H15ClFN3O2/c1-11-7-8-14(9-15(11)19)23-12(2)17(21-22-23)18(24)25-10-13-5-3-4-6-16(13)20/h3-9H,10H2,1-2H3. The van der Waals surface area contributed by atoms with Crippen LogP contribution in [0.25, 0.3) is 5.69 Å². The van der Waals surface area contributed by atoms with E-state index in [-0.39, 0.29) is 12.3 Å². The van der Waals surface area contributed by atoms with Crippen LogP contribution in [0.5, 0.6) is 0 Å². The van der Waals surface area contributed by atoms with Crippen LogP contribution in [0.2, 0.25) is 5.02 Å². The van der Waals surface area contributed by atoms with E-state index in [0.29, 0.717) is 22.0 Å². The zero-order chi connectivity index (χ0) is 18.0. The Labute approximate surface area is 149 Å². The third-order valence-electron chi connectivity index (χ3n) is 3.80. The average molecular weight is 360 g/mol. The molecule has 0 aliphatic carbocycles. The normalized spacial score (nSPS) is 10.7. The summed E-state index contributed by atoms with van der Waals surface area (Å²) in [6.07, 6.45) is 0. The predicted octanol–water partition coefficient (Wildman–Crippen LogP) is 4.03. The third-order valence-corrected chi connectivity index (χ3v) is 4.21. The first-order chi connectivity index (χ1) is 12.0. The van der Waals surface area contributed by atoms with E-state index in [1.54, 1.807) is 31.2 Å². The Bertz CT molecular complexity index is 940. The maximum absolute atomic E-state index is 13.6. The Kier molecular flexibility index (Phi) is 4.81. The maximum Gasteiger partial charge on any atom is 0.361 e. The average Bonchev–Trinajstić information content (AvgIpc) is 2.98. The van der Waals surface area contributed by atoms with Crippen LogP contribution in [0.1, 0.15) is 27.3 Å². The summed E-state index contributed by atoms with van der Waals surface area (Å²) in [7, 11) is 0. The first-order valence-corrected chi connectivity index (χ1v) is 7.94. The first-order valence-electron chi connectivity index (χ1n) is 7.56. The highest BCUT2D eigenvalue weighted by Crippen LogP contribution is 2.21. The van der Waals surface area contributed by atoms with Gasteiger partial charge in [-0.05, 0) is 37.6 Å². The summed E-state index contributed by atoms with van der Waals surface area (Å²) in [5.41, 5.74) is 2.51. The Morgan fingerprint density at radius 3 is 2.72 bits per heavy atom. The molecule has 1 aromatic heterocycles. The molecule has 128 valence electrons. The van der Waals surface area contributed by atoms with Crippen molar-refractivity contribution in [3.05, 3.63) is 75.8 Å². The summed E-state index contributed by atoms with van der Waals surface area (Å²) < 4.78 is 20.2. The number of carbonyl (C=O) groups is 1. The van der Waals surface area contributed by atoms with Gasteiger partial charge in [0.25, 0.3) is 0 Å². The molecule has 0 N–H and O–H groups in total. The van der Waals surface area contributed by atoms with E-state index >= 15 is 0 Å². The SMILES string of the molecule is Cc1ccc(-n2nnc(C(=O)OCc3ccccc3F)c2C)cc1Cl. The Hall–Kier alpha value is -2.73. The van der Waals surface area contributed by atoms with Crippen LogP contribution < -0.4 is 0 Å². The zero-order valence-electron chi connectivity index (χ0n) is 13.7. The number of rotatable bonds is 4. The molecule has 0 fully saturated rings. The minimum absolute atomic E-state index is 0.0769. The molecule has 0 bridgehead atoms. The number of benzene rings is 2. The molecule has 25 heavy (non-hydrogen) atoms. The molecule has 0 atom stereocenters. The highest BCUT2D eigenvalue weighted by molar-refractivity contribution is 6.31. The number of carbonyl (C=O) groups excluding carboxylic acids is 1. The number of aromatic nitrogens is 3. The fraction of sp³-hybridized carbons (Fsp3) is 0.167. The Balaban J connectivity index is 1.79. The van der Waals surface area contributed by atoms with Crippen molar-refractivity contribution in [3.8, 4) is 5.69 Å². The van der Waals surface area contributed by atoms with Crippen molar-refractivity contribution < 1.29 is 13.9 Å². The fourth-order valence-electron chi connectivity index (χ4n) is 2.30. The van der Waals surface area contributed by atoms with E-state index in [1.807, 2.05) is 19.1 Å². The van der Waals surface area contributed by atoms with Crippen molar-refractivity contribution in [1.29, 1.82) is 0 Å². The lowest BCUT2D eigenvalue weighted by atomic mass is 10.2. The van der Waals surface area contributed by atoms with Crippen LogP contribution in [0.15, 0.2) is 42.5 Å². The number of esters is 1. The zero-order valence-corrected chi connectivity index (χ0v) is 14.4. The molecule has 0 unspecified atom stereocenters. The number of ether oxygens (including phenoxy) is 1. The van der Waals surface area contributed by atoms with Crippen LogP contribution in [0.3, 0.4) is 0 Å². The lowest BCUT2D eigenvalue weighted by Crippen LogP contribution is -2.09. The van der Waals surface area contributed by atoms with Crippen molar-refractivity contribution in [3.63, 3.8) is 0 Å². The largest absolute Gasteiger partial charge is 0.456 e. The predicted molar refractivity (Wildman–Crippen MR) is 91.4 cm³/mol. The lowest BCUT2D eigenvalue weighted by Gasteiger charge is -2.06. The number of halogens is 2. The van der Waals surface area contributed by atoms with Gasteiger partial charge in [0.05, 0.1) is 11.4 Å². The van der Waals surface area contributed by atoms with Crippen LogP contribution in [0, 0.1) is 19.7 Å². The van der Waals surface area contributed by atoms with E-state index in [4.69, 9.17) is 16.3 Å². The van der Waals surface area contributed by atoms with Gasteiger partial charge in [0, 0.05) is 10.6 Å². The minimum atomic E-state index is -0.662. The molecule has 0 saturated heterocycles. The van der Waals surface area contributed by atoms with Gasteiger partial charge < -0.3 is 4.74 Å². The highest BCUT2D eigenvalue weighted by Gasteiger charge is 2.19. The molecule has 5 nitrogen and oxygen atoms in total. The summed E-state index contributed by atoms with van der Waals surface area (Å²) in [6.45, 7) is 3.42. The fourth-order valence-corrected chi connectivity index (χ4v) is 2.48. The topological polar surface area (TPSA) is 57.0 Å². The summed E-state index contributed by atoms with van der Waals surface area (Å²) in [6, 6.07) is 11.5. The summed E-state index contributed by atoms with van der Waals surface area (Å²) in [5, 5.41) is 8.46. The number of hydrogen-bond donors (Lipinski definition) is 0. The molecule has 0 amide bonds. The second-order valence-electron chi connectivity index (χ2n) is 5.54. The molecule has 0 aliphatic rings. The van der Waals surface area contributed by atoms with Gasteiger partial charge in [0.15, 0.2) is 5.69 Å². The van der Waals surface area contributed by atoms with Crippen molar-refractivity contribution in [2.24, 2.45) is 0 Å². The van der Waals surface area contributed by atoms with Crippen molar-refractivity contribution in [2.45, 2.75) is 20.5 Å². The van der Waals surface area contributed by atoms with Gasteiger partial charge in [-0.15, -0.1) is 5.10 Å². The van der Waals surface area contributed by atoms with Gasteiger partial charge in [0.2, 0.25) is 0 Å². The van der Waals surface area contributed by atoms with Crippen molar-refractivity contribution in [2.75, 3.05) is 0 Å². The number of hydrogen-bond acceptors (Lipinski definition) is 4. The molecule has 0 saturated carbocycles. The minimum Gasteiger partial charge on any atom is -0.456 e. The van der Waals surface area contributed by atoms with Gasteiger partial charge in [-0.2, -0.15) is 0 Å².